The van der Waals surface area contributed by atoms with Crippen molar-refractivity contribution in [3.05, 3.63) is 0 Å². The van der Waals surface area contributed by atoms with Crippen molar-refractivity contribution in [3.8, 4) is 0 Å². The van der Waals surface area contributed by atoms with E-state index in [4.69, 9.17) is 14.2 Å². The third-order valence-corrected chi connectivity index (χ3v) is 3.32. The van der Waals surface area contributed by atoms with Gasteiger partial charge in [-0.3, -0.25) is 9.59 Å². The summed E-state index contributed by atoms with van der Waals surface area (Å²) in [5.41, 5.74) is 0. The highest BCUT2D eigenvalue weighted by atomic mass is 16.6. The Balaban J connectivity index is 2.03. The number of esters is 2. The second kappa shape index (κ2) is 5.04. The molecule has 0 spiro atoms. The van der Waals surface area contributed by atoms with Gasteiger partial charge in [-0.15, -0.1) is 0 Å². The van der Waals surface area contributed by atoms with Gasteiger partial charge in [-0.2, -0.15) is 0 Å². The Hall–Kier alpha value is -1.10. The van der Waals surface area contributed by atoms with Crippen molar-refractivity contribution in [3.63, 3.8) is 0 Å². The zero-order valence-electron chi connectivity index (χ0n) is 10.2. The van der Waals surface area contributed by atoms with Crippen LogP contribution in [0, 0.1) is 11.8 Å². The lowest BCUT2D eigenvalue weighted by Crippen LogP contribution is -2.37. The molecule has 0 radical (unpaired) electrons. The minimum atomic E-state index is -0.405. The summed E-state index contributed by atoms with van der Waals surface area (Å²) in [6.45, 7) is 4.19. The molecule has 0 N–H and O–H groups in total. The molecular formula is C12H18O5. The highest BCUT2D eigenvalue weighted by Crippen LogP contribution is 2.43. The number of hydrogen-bond donors (Lipinski definition) is 0. The van der Waals surface area contributed by atoms with E-state index in [2.05, 4.69) is 0 Å². The highest BCUT2D eigenvalue weighted by molar-refractivity contribution is 5.82. The van der Waals surface area contributed by atoms with E-state index in [1.807, 2.05) is 0 Å². The van der Waals surface area contributed by atoms with Gasteiger partial charge in [-0.05, 0) is 26.7 Å². The maximum atomic E-state index is 11.8. The third kappa shape index (κ3) is 2.60. The van der Waals surface area contributed by atoms with Crippen LogP contribution in [0.3, 0.4) is 0 Å². The van der Waals surface area contributed by atoms with Gasteiger partial charge in [0.1, 0.15) is 0 Å². The second-order valence-electron chi connectivity index (χ2n) is 4.40. The van der Waals surface area contributed by atoms with E-state index in [1.165, 1.54) is 0 Å². The standard InChI is InChI=1S/C12H18O5/c1-3-15-11(13)7-5-9-10(17-9)6-8(7)12(14)16-4-2/h7-10H,3-6H2,1-2H3/t7-,8+,9?,10?. The average Bonchev–Trinajstić information content (AvgIpc) is 3.06. The largest absolute Gasteiger partial charge is 0.466 e. The smallest absolute Gasteiger partial charge is 0.309 e. The molecule has 0 aromatic heterocycles. The summed E-state index contributed by atoms with van der Waals surface area (Å²) >= 11 is 0. The SMILES string of the molecule is CCOC(=O)[C@H]1CC2OC2C[C@H]1C(=O)OCC. The van der Waals surface area contributed by atoms with Gasteiger partial charge >= 0.3 is 11.9 Å². The van der Waals surface area contributed by atoms with E-state index in [0.29, 0.717) is 26.1 Å². The van der Waals surface area contributed by atoms with Gasteiger partial charge < -0.3 is 14.2 Å². The Morgan fingerprint density at radius 3 is 1.76 bits per heavy atom. The number of epoxide rings is 1. The molecule has 1 saturated carbocycles. The summed E-state index contributed by atoms with van der Waals surface area (Å²) in [7, 11) is 0. The molecule has 96 valence electrons. The highest BCUT2D eigenvalue weighted by Gasteiger charge is 2.53. The Morgan fingerprint density at radius 1 is 1.00 bits per heavy atom. The molecule has 0 bridgehead atoms. The van der Waals surface area contributed by atoms with Crippen molar-refractivity contribution in [1.82, 2.24) is 0 Å². The Kier molecular flexibility index (Phi) is 3.66. The Bertz CT molecular complexity index is 284. The number of ether oxygens (including phenoxy) is 3. The molecule has 0 amide bonds. The molecule has 2 aliphatic rings. The summed E-state index contributed by atoms with van der Waals surface area (Å²) in [6, 6.07) is 0. The third-order valence-electron chi connectivity index (χ3n) is 3.32. The van der Waals surface area contributed by atoms with Crippen LogP contribution in [0.15, 0.2) is 0 Å². The van der Waals surface area contributed by atoms with Crippen molar-refractivity contribution >= 4 is 11.9 Å². The topological polar surface area (TPSA) is 65.1 Å². The molecule has 2 rings (SSSR count). The monoisotopic (exact) mass is 242 g/mol. The molecule has 4 atom stereocenters. The van der Waals surface area contributed by atoms with Crippen molar-refractivity contribution in [2.75, 3.05) is 13.2 Å². The van der Waals surface area contributed by atoms with Gasteiger partial charge in [0.25, 0.3) is 0 Å². The predicted molar refractivity (Wildman–Crippen MR) is 58.1 cm³/mol. The van der Waals surface area contributed by atoms with Crippen molar-refractivity contribution < 1.29 is 23.8 Å². The minimum absolute atomic E-state index is 0.134. The van der Waals surface area contributed by atoms with E-state index in [0.717, 1.165) is 0 Å². The maximum Gasteiger partial charge on any atom is 0.309 e. The zero-order valence-corrected chi connectivity index (χ0v) is 10.2. The quantitative estimate of drug-likeness (QED) is 0.541. The molecule has 1 aliphatic carbocycles. The van der Waals surface area contributed by atoms with Crippen LogP contribution in [-0.4, -0.2) is 37.4 Å². The van der Waals surface area contributed by atoms with Crippen molar-refractivity contribution in [2.45, 2.75) is 38.9 Å². The summed E-state index contributed by atoms with van der Waals surface area (Å²) in [5, 5.41) is 0. The van der Waals surface area contributed by atoms with E-state index >= 15 is 0 Å². The first-order chi connectivity index (χ1) is 8.17. The summed E-state index contributed by atoms with van der Waals surface area (Å²) in [5.74, 6) is -1.42. The van der Waals surface area contributed by atoms with Gasteiger partial charge in [0.05, 0.1) is 37.3 Å². The lowest BCUT2D eigenvalue weighted by atomic mass is 9.79. The van der Waals surface area contributed by atoms with Crippen LogP contribution in [0.25, 0.3) is 0 Å². The average molecular weight is 242 g/mol. The summed E-state index contributed by atoms with van der Waals surface area (Å²) in [6.07, 6.45) is 1.42. The van der Waals surface area contributed by atoms with Gasteiger partial charge in [0.15, 0.2) is 0 Å². The first-order valence-corrected chi connectivity index (χ1v) is 6.16. The molecule has 0 aromatic rings. The van der Waals surface area contributed by atoms with Crippen LogP contribution in [0.5, 0.6) is 0 Å². The van der Waals surface area contributed by atoms with Crippen LogP contribution in [0.1, 0.15) is 26.7 Å². The van der Waals surface area contributed by atoms with Crippen LogP contribution < -0.4 is 0 Å². The van der Waals surface area contributed by atoms with Gasteiger partial charge in [-0.1, -0.05) is 0 Å². The normalized spacial score (nSPS) is 34.7. The second-order valence-corrected chi connectivity index (χ2v) is 4.40. The lowest BCUT2D eigenvalue weighted by Gasteiger charge is -2.25. The summed E-state index contributed by atoms with van der Waals surface area (Å²) < 4.78 is 15.4. The van der Waals surface area contributed by atoms with Gasteiger partial charge in [0.2, 0.25) is 0 Å². The predicted octanol–water partition coefficient (Wildman–Crippen LogP) is 0.906. The Morgan fingerprint density at radius 2 is 1.41 bits per heavy atom. The van der Waals surface area contributed by atoms with Crippen molar-refractivity contribution in [1.29, 1.82) is 0 Å². The fourth-order valence-corrected chi connectivity index (χ4v) is 2.44. The molecule has 5 heteroatoms. The lowest BCUT2D eigenvalue weighted by molar-refractivity contribution is -0.161. The number of rotatable bonds is 4. The van der Waals surface area contributed by atoms with Crippen LogP contribution >= 0.6 is 0 Å². The molecule has 17 heavy (non-hydrogen) atoms. The van der Waals surface area contributed by atoms with Gasteiger partial charge in [-0.25, -0.2) is 0 Å². The summed E-state index contributed by atoms with van der Waals surface area (Å²) in [4.78, 5) is 23.6. The van der Waals surface area contributed by atoms with E-state index in [-0.39, 0.29) is 24.1 Å². The van der Waals surface area contributed by atoms with Crippen molar-refractivity contribution in [2.24, 2.45) is 11.8 Å². The van der Waals surface area contributed by atoms with Crippen LogP contribution in [0.4, 0.5) is 0 Å². The fourth-order valence-electron chi connectivity index (χ4n) is 2.44. The first kappa shape index (κ1) is 12.4. The molecule has 0 aromatic carbocycles. The minimum Gasteiger partial charge on any atom is -0.466 e. The number of hydrogen-bond acceptors (Lipinski definition) is 5. The van der Waals surface area contributed by atoms with E-state index in [9.17, 15) is 9.59 Å². The van der Waals surface area contributed by atoms with Crippen LogP contribution in [0.2, 0.25) is 0 Å². The van der Waals surface area contributed by atoms with Crippen LogP contribution in [-0.2, 0) is 23.8 Å². The van der Waals surface area contributed by atoms with E-state index < -0.39 is 11.8 Å². The number of fused-ring (bicyclic) bond motifs is 1. The molecule has 2 fully saturated rings. The molecule has 2 unspecified atom stereocenters. The number of carbonyl (C=O) groups excluding carboxylic acids is 2. The first-order valence-electron chi connectivity index (χ1n) is 6.16. The fraction of sp³-hybridized carbons (Fsp3) is 0.833. The molecule has 5 nitrogen and oxygen atoms in total. The number of carbonyl (C=O) groups is 2. The molecule has 1 saturated heterocycles. The zero-order chi connectivity index (χ0) is 12.4. The molecule has 1 heterocycles. The molecular weight excluding hydrogens is 224 g/mol. The maximum absolute atomic E-state index is 11.8. The Labute approximate surface area is 100 Å². The molecule has 1 aliphatic heterocycles. The van der Waals surface area contributed by atoms with E-state index in [1.54, 1.807) is 13.8 Å². The van der Waals surface area contributed by atoms with Gasteiger partial charge in [0, 0.05) is 0 Å².